The molecule has 2 aliphatic heterocycles. The van der Waals surface area contributed by atoms with E-state index in [1.165, 1.54) is 34.2 Å². The minimum Gasteiger partial charge on any atom is -0.378 e. The lowest BCUT2D eigenvalue weighted by atomic mass is 9.89. The van der Waals surface area contributed by atoms with Crippen molar-refractivity contribution in [3.05, 3.63) is 54.0 Å². The summed E-state index contributed by atoms with van der Waals surface area (Å²) in [6, 6.07) is 10.8. The molecule has 0 spiro atoms. The fourth-order valence-corrected chi connectivity index (χ4v) is 5.19. The van der Waals surface area contributed by atoms with E-state index < -0.39 is 0 Å². The van der Waals surface area contributed by atoms with Gasteiger partial charge in [-0.15, -0.1) is 0 Å². The lowest BCUT2D eigenvalue weighted by Gasteiger charge is -2.34. The predicted molar refractivity (Wildman–Crippen MR) is 123 cm³/mol. The number of pyridine rings is 1. The number of hydrogen-bond acceptors (Lipinski definition) is 3. The van der Waals surface area contributed by atoms with E-state index in [1.54, 1.807) is 0 Å². The highest BCUT2D eigenvalue weighted by molar-refractivity contribution is 5.98. The summed E-state index contributed by atoms with van der Waals surface area (Å²) in [5, 5.41) is 1.25. The predicted octanol–water partition coefficient (Wildman–Crippen LogP) is 5.20. The van der Waals surface area contributed by atoms with Crippen LogP contribution in [0, 0.1) is 6.92 Å². The van der Waals surface area contributed by atoms with Gasteiger partial charge >= 0.3 is 0 Å². The summed E-state index contributed by atoms with van der Waals surface area (Å²) >= 11 is 0. The van der Waals surface area contributed by atoms with Crippen molar-refractivity contribution in [3.8, 4) is 11.1 Å². The van der Waals surface area contributed by atoms with Gasteiger partial charge in [0.15, 0.2) is 0 Å². The standard InChI is InChI=1S/C26H31N3O2/c1-18-7-8-23-22(15-18)25(19-9-11-27-12-10-19)26(28-23)20-5-4-13-29(17-20)24(30)16-21-6-2-3-14-31-21/h7-12,15,20-21,28H,2-6,13-14,16-17H2,1H3/t20-,21+/m1/s1. The number of carbonyl (C=O) groups excluding carboxylic acids is 1. The zero-order valence-corrected chi connectivity index (χ0v) is 18.3. The summed E-state index contributed by atoms with van der Waals surface area (Å²) in [6.45, 7) is 4.56. The Morgan fingerprint density at radius 3 is 2.84 bits per heavy atom. The second-order valence-electron chi connectivity index (χ2n) is 9.07. The Kier molecular flexibility index (Phi) is 5.77. The summed E-state index contributed by atoms with van der Waals surface area (Å²) in [5.41, 5.74) is 6.10. The first-order valence-electron chi connectivity index (χ1n) is 11.6. The maximum absolute atomic E-state index is 13.0. The molecule has 1 aromatic carbocycles. The van der Waals surface area contributed by atoms with Crippen LogP contribution in [0.25, 0.3) is 22.0 Å². The van der Waals surface area contributed by atoms with Gasteiger partial charge in [0.25, 0.3) is 0 Å². The van der Waals surface area contributed by atoms with E-state index in [-0.39, 0.29) is 12.0 Å². The molecule has 1 amide bonds. The first-order chi connectivity index (χ1) is 15.2. The minimum absolute atomic E-state index is 0.102. The first-order valence-corrected chi connectivity index (χ1v) is 11.6. The van der Waals surface area contributed by atoms with E-state index in [4.69, 9.17) is 4.74 Å². The molecular formula is C26H31N3O2. The number of piperidine rings is 1. The molecule has 1 N–H and O–H groups in total. The van der Waals surface area contributed by atoms with Gasteiger partial charge in [-0.1, -0.05) is 11.6 Å². The second-order valence-corrected chi connectivity index (χ2v) is 9.07. The number of likely N-dealkylation sites (tertiary alicyclic amines) is 1. The average molecular weight is 418 g/mol. The summed E-state index contributed by atoms with van der Waals surface area (Å²) < 4.78 is 5.82. The van der Waals surface area contributed by atoms with E-state index in [0.717, 1.165) is 50.9 Å². The van der Waals surface area contributed by atoms with Gasteiger partial charge in [0.2, 0.25) is 5.91 Å². The van der Waals surface area contributed by atoms with Crippen molar-refractivity contribution in [2.45, 2.75) is 57.5 Å². The Hall–Kier alpha value is -2.66. The smallest absolute Gasteiger partial charge is 0.225 e. The third-order valence-electron chi connectivity index (χ3n) is 6.81. The molecule has 4 heterocycles. The number of amides is 1. The Morgan fingerprint density at radius 2 is 2.03 bits per heavy atom. The number of aromatic amines is 1. The maximum Gasteiger partial charge on any atom is 0.225 e. The van der Waals surface area contributed by atoms with Crippen LogP contribution < -0.4 is 0 Å². The molecule has 2 fully saturated rings. The Balaban J connectivity index is 1.44. The quantitative estimate of drug-likeness (QED) is 0.634. The fraction of sp³-hybridized carbons (Fsp3) is 0.462. The van der Waals surface area contributed by atoms with E-state index in [2.05, 4.69) is 52.1 Å². The number of aromatic nitrogens is 2. The highest BCUT2D eigenvalue weighted by atomic mass is 16.5. The zero-order valence-electron chi connectivity index (χ0n) is 18.3. The number of benzene rings is 1. The third-order valence-corrected chi connectivity index (χ3v) is 6.81. The van der Waals surface area contributed by atoms with Crippen LogP contribution in [0.15, 0.2) is 42.7 Å². The van der Waals surface area contributed by atoms with Crippen LogP contribution in [-0.4, -0.2) is 46.6 Å². The largest absolute Gasteiger partial charge is 0.378 e. The third kappa shape index (κ3) is 4.24. The highest BCUT2D eigenvalue weighted by Crippen LogP contribution is 2.39. The number of aryl methyl sites for hydroxylation is 1. The van der Waals surface area contributed by atoms with Crippen molar-refractivity contribution in [3.63, 3.8) is 0 Å². The topological polar surface area (TPSA) is 58.2 Å². The van der Waals surface area contributed by atoms with Crippen molar-refractivity contribution in [2.75, 3.05) is 19.7 Å². The summed E-state index contributed by atoms with van der Waals surface area (Å²) in [4.78, 5) is 23.0. The molecule has 31 heavy (non-hydrogen) atoms. The van der Waals surface area contributed by atoms with Crippen molar-refractivity contribution >= 4 is 16.8 Å². The maximum atomic E-state index is 13.0. The number of hydrogen-bond donors (Lipinski definition) is 1. The van der Waals surface area contributed by atoms with Crippen LogP contribution in [0.1, 0.15) is 55.7 Å². The van der Waals surface area contributed by atoms with Crippen LogP contribution in [-0.2, 0) is 9.53 Å². The molecule has 0 unspecified atom stereocenters. The Morgan fingerprint density at radius 1 is 1.16 bits per heavy atom. The number of rotatable bonds is 4. The molecule has 162 valence electrons. The molecule has 5 nitrogen and oxygen atoms in total. The molecule has 2 aromatic heterocycles. The average Bonchev–Trinajstić information content (AvgIpc) is 3.19. The van der Waals surface area contributed by atoms with Crippen LogP contribution >= 0.6 is 0 Å². The molecule has 0 bridgehead atoms. The van der Waals surface area contributed by atoms with E-state index in [9.17, 15) is 4.79 Å². The molecule has 2 aliphatic rings. The Bertz CT molecular complexity index is 1050. The summed E-state index contributed by atoms with van der Waals surface area (Å²) in [5.74, 6) is 0.551. The first kappa shape index (κ1) is 20.3. The van der Waals surface area contributed by atoms with E-state index in [1.807, 2.05) is 12.4 Å². The second kappa shape index (κ2) is 8.83. The normalized spacial score (nSPS) is 22.0. The number of nitrogens with one attached hydrogen (secondary N) is 1. The molecule has 0 aliphatic carbocycles. The summed E-state index contributed by atoms with van der Waals surface area (Å²) in [7, 11) is 0. The van der Waals surface area contributed by atoms with Crippen molar-refractivity contribution < 1.29 is 9.53 Å². The van der Waals surface area contributed by atoms with Gasteiger partial charge < -0.3 is 14.6 Å². The summed E-state index contributed by atoms with van der Waals surface area (Å²) in [6.07, 6.45) is 9.76. The van der Waals surface area contributed by atoms with Crippen molar-refractivity contribution in [1.29, 1.82) is 0 Å². The van der Waals surface area contributed by atoms with Gasteiger partial charge in [-0.2, -0.15) is 0 Å². The highest BCUT2D eigenvalue weighted by Gasteiger charge is 2.30. The van der Waals surface area contributed by atoms with Gasteiger partial charge in [-0.3, -0.25) is 9.78 Å². The molecule has 0 saturated carbocycles. The Labute approximate surface area is 183 Å². The lowest BCUT2D eigenvalue weighted by Crippen LogP contribution is -2.41. The minimum atomic E-state index is 0.102. The number of nitrogens with zero attached hydrogens (tertiary/aromatic N) is 2. The van der Waals surface area contributed by atoms with Crippen molar-refractivity contribution in [1.82, 2.24) is 14.9 Å². The lowest BCUT2D eigenvalue weighted by molar-refractivity contribution is -0.136. The van der Waals surface area contributed by atoms with Gasteiger partial charge in [-0.05, 0) is 68.9 Å². The molecule has 5 rings (SSSR count). The van der Waals surface area contributed by atoms with E-state index >= 15 is 0 Å². The molecule has 2 atom stereocenters. The SMILES string of the molecule is Cc1ccc2[nH]c([C@@H]3CCCN(C(=O)C[C@@H]4CCCCO4)C3)c(-c3ccncc3)c2c1. The van der Waals surface area contributed by atoms with Gasteiger partial charge in [-0.25, -0.2) is 0 Å². The number of fused-ring (bicyclic) bond motifs is 1. The molecule has 3 aromatic rings. The number of carbonyl (C=O) groups is 1. The monoisotopic (exact) mass is 417 g/mol. The van der Waals surface area contributed by atoms with E-state index in [0.29, 0.717) is 12.3 Å². The van der Waals surface area contributed by atoms with Crippen LogP contribution in [0.5, 0.6) is 0 Å². The fourth-order valence-electron chi connectivity index (χ4n) is 5.19. The molecule has 5 heteroatoms. The van der Waals surface area contributed by atoms with Gasteiger partial charge in [0.05, 0.1) is 12.5 Å². The molecular weight excluding hydrogens is 386 g/mol. The van der Waals surface area contributed by atoms with Crippen LogP contribution in [0.2, 0.25) is 0 Å². The zero-order chi connectivity index (χ0) is 21.2. The van der Waals surface area contributed by atoms with Gasteiger partial charge in [0.1, 0.15) is 0 Å². The molecule has 0 radical (unpaired) electrons. The van der Waals surface area contributed by atoms with Gasteiger partial charge in [0, 0.05) is 60.2 Å². The van der Waals surface area contributed by atoms with Crippen molar-refractivity contribution in [2.24, 2.45) is 0 Å². The number of H-pyrrole nitrogens is 1. The number of ether oxygens (including phenoxy) is 1. The van der Waals surface area contributed by atoms with Crippen LogP contribution in [0.3, 0.4) is 0 Å². The van der Waals surface area contributed by atoms with Crippen LogP contribution in [0.4, 0.5) is 0 Å². The molecule has 2 saturated heterocycles.